The molecular formula is C14H17BrClN. The van der Waals surface area contributed by atoms with Crippen LogP contribution in [0.25, 0.3) is 0 Å². The number of rotatable bonds is 2. The zero-order valence-electron chi connectivity index (χ0n) is 9.83. The largest absolute Gasteiger partial charge is 0.370 e. The lowest BCUT2D eigenvalue weighted by Crippen LogP contribution is -2.21. The fourth-order valence-corrected chi connectivity index (χ4v) is 3.99. The lowest BCUT2D eigenvalue weighted by molar-refractivity contribution is 0.494. The summed E-state index contributed by atoms with van der Waals surface area (Å²) in [5.74, 6) is 1.84. The van der Waals surface area contributed by atoms with E-state index in [1.165, 1.54) is 43.6 Å². The average molecular weight is 315 g/mol. The first-order valence-electron chi connectivity index (χ1n) is 6.37. The van der Waals surface area contributed by atoms with Gasteiger partial charge in [-0.15, -0.1) is 0 Å². The van der Waals surface area contributed by atoms with Crippen LogP contribution in [0.1, 0.15) is 24.8 Å². The fourth-order valence-electron chi connectivity index (χ4n) is 3.32. The van der Waals surface area contributed by atoms with Crippen LogP contribution in [-0.4, -0.2) is 13.1 Å². The number of fused-ring (bicyclic) bond motifs is 1. The summed E-state index contributed by atoms with van der Waals surface area (Å²) in [5.41, 5.74) is 2.48. The third kappa shape index (κ3) is 2.22. The number of benzene rings is 1. The van der Waals surface area contributed by atoms with Crippen LogP contribution < -0.4 is 4.90 Å². The van der Waals surface area contributed by atoms with E-state index in [1.807, 2.05) is 0 Å². The maximum atomic E-state index is 6.38. The van der Waals surface area contributed by atoms with Gasteiger partial charge in [0.05, 0.1) is 10.7 Å². The second-order valence-corrected chi connectivity index (χ2v) is 6.24. The van der Waals surface area contributed by atoms with Crippen LogP contribution in [-0.2, 0) is 5.33 Å². The van der Waals surface area contributed by atoms with Crippen LogP contribution >= 0.6 is 27.5 Å². The number of alkyl halides is 1. The monoisotopic (exact) mass is 313 g/mol. The van der Waals surface area contributed by atoms with Crippen molar-refractivity contribution in [1.82, 2.24) is 0 Å². The fraction of sp³-hybridized carbons (Fsp3) is 0.571. The Kier molecular flexibility index (Phi) is 3.36. The molecular weight excluding hydrogens is 298 g/mol. The Labute approximate surface area is 116 Å². The van der Waals surface area contributed by atoms with Crippen LogP contribution in [0.5, 0.6) is 0 Å². The molecule has 2 aliphatic rings. The molecule has 3 rings (SSSR count). The van der Waals surface area contributed by atoms with E-state index < -0.39 is 0 Å². The molecule has 1 aromatic carbocycles. The van der Waals surface area contributed by atoms with E-state index in [0.29, 0.717) is 0 Å². The number of halogens is 2. The Bertz CT molecular complexity index is 409. The standard InChI is InChI=1S/C14H17BrClN/c15-7-10-4-5-14(13(16)6-10)17-8-11-2-1-3-12(11)9-17/h4-6,11-12H,1-3,7-9H2. The van der Waals surface area contributed by atoms with Gasteiger partial charge in [-0.25, -0.2) is 0 Å². The van der Waals surface area contributed by atoms with Crippen molar-refractivity contribution in [1.29, 1.82) is 0 Å². The van der Waals surface area contributed by atoms with Gasteiger partial charge in [-0.3, -0.25) is 0 Å². The minimum atomic E-state index is 0.873. The maximum absolute atomic E-state index is 6.38. The minimum absolute atomic E-state index is 0.873. The highest BCUT2D eigenvalue weighted by Gasteiger charge is 2.36. The minimum Gasteiger partial charge on any atom is -0.370 e. The molecule has 0 N–H and O–H groups in total. The van der Waals surface area contributed by atoms with Crippen molar-refractivity contribution in [3.8, 4) is 0 Å². The van der Waals surface area contributed by atoms with E-state index in [-0.39, 0.29) is 0 Å². The molecule has 0 spiro atoms. The van der Waals surface area contributed by atoms with E-state index in [0.717, 1.165) is 22.2 Å². The van der Waals surface area contributed by atoms with Gasteiger partial charge in [0.1, 0.15) is 0 Å². The Morgan fingerprint density at radius 1 is 1.24 bits per heavy atom. The molecule has 2 atom stereocenters. The van der Waals surface area contributed by atoms with Gasteiger partial charge < -0.3 is 4.90 Å². The molecule has 2 unspecified atom stereocenters. The highest BCUT2D eigenvalue weighted by atomic mass is 79.9. The predicted octanol–water partition coefficient (Wildman–Crippen LogP) is 4.47. The summed E-state index contributed by atoms with van der Waals surface area (Å²) in [4.78, 5) is 2.48. The quantitative estimate of drug-likeness (QED) is 0.728. The van der Waals surface area contributed by atoms with E-state index in [4.69, 9.17) is 11.6 Å². The van der Waals surface area contributed by atoms with Crippen LogP contribution in [0.3, 0.4) is 0 Å². The molecule has 1 saturated carbocycles. The molecule has 92 valence electrons. The average Bonchev–Trinajstić information content (AvgIpc) is 2.89. The predicted molar refractivity (Wildman–Crippen MR) is 77.1 cm³/mol. The lowest BCUT2D eigenvalue weighted by Gasteiger charge is -2.21. The summed E-state index contributed by atoms with van der Waals surface area (Å²) in [6.07, 6.45) is 4.26. The zero-order chi connectivity index (χ0) is 11.8. The van der Waals surface area contributed by atoms with E-state index in [1.54, 1.807) is 0 Å². The van der Waals surface area contributed by atoms with Crippen LogP contribution in [0.4, 0.5) is 5.69 Å². The van der Waals surface area contributed by atoms with Gasteiger partial charge in [0.2, 0.25) is 0 Å². The molecule has 3 heteroatoms. The summed E-state index contributed by atoms with van der Waals surface area (Å²) < 4.78 is 0. The molecule has 1 saturated heterocycles. The van der Waals surface area contributed by atoms with Gasteiger partial charge >= 0.3 is 0 Å². The lowest BCUT2D eigenvalue weighted by atomic mass is 10.0. The topological polar surface area (TPSA) is 3.24 Å². The second-order valence-electron chi connectivity index (χ2n) is 5.28. The second kappa shape index (κ2) is 4.81. The summed E-state index contributed by atoms with van der Waals surface area (Å²) in [6.45, 7) is 2.41. The first-order valence-corrected chi connectivity index (χ1v) is 7.87. The Morgan fingerprint density at radius 3 is 2.53 bits per heavy atom. The third-order valence-electron chi connectivity index (χ3n) is 4.23. The van der Waals surface area contributed by atoms with Crippen molar-refractivity contribution < 1.29 is 0 Å². The van der Waals surface area contributed by atoms with Crippen molar-refractivity contribution in [2.45, 2.75) is 24.6 Å². The van der Waals surface area contributed by atoms with Crippen molar-refractivity contribution in [2.75, 3.05) is 18.0 Å². The smallest absolute Gasteiger partial charge is 0.0642 e. The van der Waals surface area contributed by atoms with Crippen molar-refractivity contribution >= 4 is 33.2 Å². The maximum Gasteiger partial charge on any atom is 0.0642 e. The number of hydrogen-bond acceptors (Lipinski definition) is 1. The third-order valence-corrected chi connectivity index (χ3v) is 5.18. The molecule has 1 aliphatic carbocycles. The Hall–Kier alpha value is -0.210. The summed E-state index contributed by atoms with van der Waals surface area (Å²) >= 11 is 9.85. The molecule has 17 heavy (non-hydrogen) atoms. The molecule has 1 heterocycles. The van der Waals surface area contributed by atoms with E-state index >= 15 is 0 Å². The Balaban J connectivity index is 1.81. The van der Waals surface area contributed by atoms with Crippen molar-refractivity contribution in [3.63, 3.8) is 0 Å². The Morgan fingerprint density at radius 2 is 1.94 bits per heavy atom. The summed E-state index contributed by atoms with van der Waals surface area (Å²) in [7, 11) is 0. The molecule has 1 aliphatic heterocycles. The molecule has 2 fully saturated rings. The van der Waals surface area contributed by atoms with Gasteiger partial charge in [-0.2, -0.15) is 0 Å². The highest BCUT2D eigenvalue weighted by molar-refractivity contribution is 9.08. The van der Waals surface area contributed by atoms with E-state index in [9.17, 15) is 0 Å². The van der Waals surface area contributed by atoms with Crippen molar-refractivity contribution in [2.24, 2.45) is 11.8 Å². The molecule has 0 radical (unpaired) electrons. The molecule has 1 nitrogen and oxygen atoms in total. The highest BCUT2D eigenvalue weighted by Crippen LogP contribution is 2.41. The SMILES string of the molecule is Clc1cc(CBr)ccc1N1CC2CCCC2C1. The molecule has 0 aromatic heterocycles. The molecule has 0 bridgehead atoms. The first-order chi connectivity index (χ1) is 8.28. The van der Waals surface area contributed by atoms with Crippen molar-refractivity contribution in [3.05, 3.63) is 28.8 Å². The number of anilines is 1. The van der Waals surface area contributed by atoms with Gasteiger partial charge in [-0.05, 0) is 42.4 Å². The number of hydrogen-bond donors (Lipinski definition) is 0. The van der Waals surface area contributed by atoms with Crippen LogP contribution in [0, 0.1) is 11.8 Å². The van der Waals surface area contributed by atoms with Gasteiger partial charge in [0.25, 0.3) is 0 Å². The van der Waals surface area contributed by atoms with E-state index in [2.05, 4.69) is 39.0 Å². The normalized spacial score (nSPS) is 27.5. The summed E-state index contributed by atoms with van der Waals surface area (Å²) in [6, 6.07) is 6.43. The van der Waals surface area contributed by atoms with Crippen LogP contribution in [0.2, 0.25) is 5.02 Å². The first kappa shape index (κ1) is 11.9. The van der Waals surface area contributed by atoms with Gasteiger partial charge in [0.15, 0.2) is 0 Å². The molecule has 0 amide bonds. The summed E-state index contributed by atoms with van der Waals surface area (Å²) in [5, 5.41) is 1.78. The number of nitrogens with zero attached hydrogens (tertiary/aromatic N) is 1. The van der Waals surface area contributed by atoms with Gasteiger partial charge in [-0.1, -0.05) is 40.0 Å². The molecule has 1 aromatic rings. The van der Waals surface area contributed by atoms with Crippen LogP contribution in [0.15, 0.2) is 18.2 Å². The van der Waals surface area contributed by atoms with Gasteiger partial charge in [0, 0.05) is 18.4 Å². The zero-order valence-corrected chi connectivity index (χ0v) is 12.2.